The number of halogens is 1. The summed E-state index contributed by atoms with van der Waals surface area (Å²) in [6, 6.07) is 12.0. The SMILES string of the molecule is CC(N)(C(=O)Nc1ccc(C#N)cn1)C1C[C@H]2CC(c3ccnc4ccc(F)cc34)C[C@H]2C1. The maximum atomic E-state index is 13.9. The zero-order valence-corrected chi connectivity index (χ0v) is 18.5. The van der Waals surface area contributed by atoms with Crippen molar-refractivity contribution in [3.05, 3.63) is 65.7 Å². The molecule has 0 aliphatic heterocycles. The number of nitrogens with two attached hydrogens (primary N) is 1. The van der Waals surface area contributed by atoms with Crippen LogP contribution in [-0.4, -0.2) is 21.4 Å². The number of nitriles is 1. The van der Waals surface area contributed by atoms with Crippen molar-refractivity contribution >= 4 is 22.6 Å². The molecule has 2 aliphatic rings. The molecule has 3 aromatic rings. The van der Waals surface area contributed by atoms with E-state index < -0.39 is 5.54 Å². The average Bonchev–Trinajstić information content (AvgIpc) is 3.39. The fraction of sp³-hybridized carbons (Fsp3) is 0.385. The van der Waals surface area contributed by atoms with Crippen LogP contribution in [-0.2, 0) is 4.79 Å². The first-order valence-corrected chi connectivity index (χ1v) is 11.4. The van der Waals surface area contributed by atoms with E-state index in [-0.39, 0.29) is 17.6 Å². The molecule has 5 rings (SSSR count). The van der Waals surface area contributed by atoms with E-state index in [2.05, 4.69) is 15.3 Å². The van der Waals surface area contributed by atoms with E-state index in [1.165, 1.54) is 17.8 Å². The van der Waals surface area contributed by atoms with E-state index in [0.29, 0.717) is 29.1 Å². The van der Waals surface area contributed by atoms with Crippen LogP contribution in [0, 0.1) is 34.9 Å². The Hall–Kier alpha value is -3.37. The van der Waals surface area contributed by atoms with Crippen LogP contribution in [0.4, 0.5) is 10.2 Å². The van der Waals surface area contributed by atoms with Crippen molar-refractivity contribution in [1.29, 1.82) is 5.26 Å². The van der Waals surface area contributed by atoms with E-state index in [4.69, 9.17) is 11.0 Å². The topological polar surface area (TPSA) is 105 Å². The van der Waals surface area contributed by atoms with Gasteiger partial charge in [0, 0.05) is 17.8 Å². The molecule has 33 heavy (non-hydrogen) atoms. The van der Waals surface area contributed by atoms with Gasteiger partial charge in [0.2, 0.25) is 5.91 Å². The molecule has 3 N–H and O–H groups in total. The van der Waals surface area contributed by atoms with Crippen molar-refractivity contribution in [2.24, 2.45) is 23.5 Å². The molecule has 3 unspecified atom stereocenters. The van der Waals surface area contributed by atoms with Crippen molar-refractivity contribution in [2.75, 3.05) is 5.32 Å². The normalized spacial score (nSPS) is 25.9. The predicted molar refractivity (Wildman–Crippen MR) is 124 cm³/mol. The lowest BCUT2D eigenvalue weighted by molar-refractivity contribution is -0.122. The Morgan fingerprint density at radius 2 is 1.91 bits per heavy atom. The van der Waals surface area contributed by atoms with Gasteiger partial charge >= 0.3 is 0 Å². The third kappa shape index (κ3) is 3.96. The Kier molecular flexibility index (Phi) is 5.34. The van der Waals surface area contributed by atoms with Crippen LogP contribution < -0.4 is 11.1 Å². The van der Waals surface area contributed by atoms with Crippen molar-refractivity contribution in [1.82, 2.24) is 9.97 Å². The first-order chi connectivity index (χ1) is 15.8. The van der Waals surface area contributed by atoms with E-state index in [0.717, 1.165) is 36.6 Å². The molecule has 2 heterocycles. The van der Waals surface area contributed by atoms with Crippen molar-refractivity contribution in [3.63, 3.8) is 0 Å². The Labute approximate surface area is 192 Å². The van der Waals surface area contributed by atoms with Gasteiger partial charge in [0.15, 0.2) is 0 Å². The molecular weight excluding hydrogens is 417 g/mol. The fourth-order valence-electron chi connectivity index (χ4n) is 5.83. The van der Waals surface area contributed by atoms with Crippen LogP contribution in [0.5, 0.6) is 0 Å². The molecule has 1 amide bonds. The monoisotopic (exact) mass is 443 g/mol. The van der Waals surface area contributed by atoms with Crippen LogP contribution in [0.15, 0.2) is 48.8 Å². The van der Waals surface area contributed by atoms with Crippen molar-refractivity contribution in [3.8, 4) is 6.07 Å². The highest BCUT2D eigenvalue weighted by molar-refractivity contribution is 5.97. The van der Waals surface area contributed by atoms with Gasteiger partial charge < -0.3 is 11.1 Å². The molecule has 6 nitrogen and oxygen atoms in total. The van der Waals surface area contributed by atoms with Gasteiger partial charge in [-0.3, -0.25) is 9.78 Å². The van der Waals surface area contributed by atoms with Gasteiger partial charge in [-0.2, -0.15) is 5.26 Å². The number of aromatic nitrogens is 2. The number of benzene rings is 1. The van der Waals surface area contributed by atoms with E-state index >= 15 is 0 Å². The number of hydrogen-bond donors (Lipinski definition) is 2. The summed E-state index contributed by atoms with van der Waals surface area (Å²) in [5.41, 5.74) is 7.99. The average molecular weight is 444 g/mol. The van der Waals surface area contributed by atoms with E-state index in [1.54, 1.807) is 31.2 Å². The van der Waals surface area contributed by atoms with Crippen molar-refractivity contribution < 1.29 is 9.18 Å². The number of amides is 1. The van der Waals surface area contributed by atoms with Gasteiger partial charge in [0.25, 0.3) is 0 Å². The third-order valence-corrected chi connectivity index (χ3v) is 7.66. The van der Waals surface area contributed by atoms with E-state index in [9.17, 15) is 9.18 Å². The maximum Gasteiger partial charge on any atom is 0.245 e. The van der Waals surface area contributed by atoms with Crippen LogP contribution in [0.3, 0.4) is 0 Å². The molecule has 168 valence electrons. The molecule has 2 saturated carbocycles. The fourth-order valence-corrected chi connectivity index (χ4v) is 5.83. The second-order valence-electron chi connectivity index (χ2n) is 9.70. The Bertz CT molecular complexity index is 1240. The number of rotatable bonds is 4. The van der Waals surface area contributed by atoms with Crippen molar-refractivity contribution in [2.45, 2.75) is 44.1 Å². The summed E-state index contributed by atoms with van der Waals surface area (Å²) in [5.74, 6) is 1.35. The molecular formula is C26H26FN5O. The lowest BCUT2D eigenvalue weighted by Gasteiger charge is -2.31. The number of anilines is 1. The number of pyridine rings is 2. The van der Waals surface area contributed by atoms with Gasteiger partial charge in [-0.05, 0) is 98.2 Å². The lowest BCUT2D eigenvalue weighted by atomic mass is 9.81. The minimum Gasteiger partial charge on any atom is -0.317 e. The van der Waals surface area contributed by atoms with Gasteiger partial charge in [0.1, 0.15) is 17.7 Å². The Balaban J connectivity index is 1.27. The standard InChI is InChI=1S/C26H26FN5O/c1-26(29,25(33)32-24-5-2-15(13-28)14-31-24)19-10-16-8-18(9-17(16)11-19)21-6-7-30-23-4-3-20(27)12-22(21)23/h2-7,12,14,16-19H,8-11,29H2,1H3,(H,31,32,33)/t16-,17+,18?,19?,26?. The third-order valence-electron chi connectivity index (χ3n) is 7.66. The van der Waals surface area contributed by atoms with Crippen LogP contribution >= 0.6 is 0 Å². The molecule has 0 spiro atoms. The number of carbonyl (C=O) groups is 1. The van der Waals surface area contributed by atoms with Gasteiger partial charge in [-0.25, -0.2) is 9.37 Å². The number of hydrogen-bond acceptors (Lipinski definition) is 5. The summed E-state index contributed by atoms with van der Waals surface area (Å²) >= 11 is 0. The summed E-state index contributed by atoms with van der Waals surface area (Å²) in [4.78, 5) is 21.5. The molecule has 5 atom stereocenters. The molecule has 2 fully saturated rings. The maximum absolute atomic E-state index is 13.9. The largest absolute Gasteiger partial charge is 0.317 e. The molecule has 0 radical (unpaired) electrons. The highest BCUT2D eigenvalue weighted by Crippen LogP contribution is 2.55. The Morgan fingerprint density at radius 3 is 2.58 bits per heavy atom. The van der Waals surface area contributed by atoms with Crippen LogP contribution in [0.2, 0.25) is 0 Å². The first kappa shape index (κ1) is 21.5. The quantitative estimate of drug-likeness (QED) is 0.617. The summed E-state index contributed by atoms with van der Waals surface area (Å²) in [5, 5.41) is 12.6. The molecule has 7 heteroatoms. The predicted octanol–water partition coefficient (Wildman–Crippen LogP) is 4.52. The molecule has 0 bridgehead atoms. The molecule has 2 aromatic heterocycles. The zero-order valence-electron chi connectivity index (χ0n) is 18.5. The highest BCUT2D eigenvalue weighted by atomic mass is 19.1. The summed E-state index contributed by atoms with van der Waals surface area (Å²) in [6.45, 7) is 1.80. The number of nitrogens with zero attached hydrogens (tertiary/aromatic N) is 3. The van der Waals surface area contributed by atoms with Crippen LogP contribution in [0.1, 0.15) is 49.7 Å². The second-order valence-corrected chi connectivity index (χ2v) is 9.70. The number of nitrogens with one attached hydrogen (secondary N) is 1. The minimum absolute atomic E-state index is 0.0819. The molecule has 0 saturated heterocycles. The van der Waals surface area contributed by atoms with Crippen LogP contribution in [0.25, 0.3) is 10.9 Å². The zero-order chi connectivity index (χ0) is 23.2. The summed E-state index contributed by atoms with van der Waals surface area (Å²) < 4.78 is 13.9. The number of carbonyl (C=O) groups excluding carboxylic acids is 1. The van der Waals surface area contributed by atoms with Gasteiger partial charge in [-0.15, -0.1) is 0 Å². The van der Waals surface area contributed by atoms with Gasteiger partial charge in [0.05, 0.1) is 16.6 Å². The number of fused-ring (bicyclic) bond motifs is 2. The highest BCUT2D eigenvalue weighted by Gasteiger charge is 2.49. The smallest absolute Gasteiger partial charge is 0.245 e. The first-order valence-electron chi connectivity index (χ1n) is 11.4. The minimum atomic E-state index is -1.01. The lowest BCUT2D eigenvalue weighted by Crippen LogP contribution is -2.53. The summed E-state index contributed by atoms with van der Waals surface area (Å²) in [7, 11) is 0. The summed E-state index contributed by atoms with van der Waals surface area (Å²) in [6.07, 6.45) is 7.08. The molecule has 2 aliphatic carbocycles. The van der Waals surface area contributed by atoms with E-state index in [1.807, 2.05) is 18.3 Å². The Morgan fingerprint density at radius 1 is 1.15 bits per heavy atom. The molecule has 1 aromatic carbocycles. The van der Waals surface area contributed by atoms with Gasteiger partial charge in [-0.1, -0.05) is 0 Å². The second kappa shape index (κ2) is 8.20.